The summed E-state index contributed by atoms with van der Waals surface area (Å²) < 4.78 is 0. The molecule has 0 atom stereocenters. The van der Waals surface area contributed by atoms with Crippen LogP contribution in [0.25, 0.3) is 21.6 Å². The lowest BCUT2D eigenvalue weighted by Gasteiger charge is -2.22. The molecule has 30 heavy (non-hydrogen) atoms. The first-order valence-electron chi connectivity index (χ1n) is 10.9. The highest BCUT2D eigenvalue weighted by molar-refractivity contribution is 7.16. The van der Waals surface area contributed by atoms with Gasteiger partial charge in [-0.15, -0.1) is 11.3 Å². The van der Waals surface area contributed by atoms with Crippen molar-refractivity contribution < 1.29 is 0 Å². The van der Waals surface area contributed by atoms with Crippen molar-refractivity contribution in [3.8, 4) is 21.6 Å². The van der Waals surface area contributed by atoms with Gasteiger partial charge in [-0.2, -0.15) is 0 Å². The molecule has 4 rings (SSSR count). The van der Waals surface area contributed by atoms with E-state index in [1.165, 1.54) is 39.3 Å². The van der Waals surface area contributed by atoms with Gasteiger partial charge in [0.1, 0.15) is 0 Å². The summed E-state index contributed by atoms with van der Waals surface area (Å²) in [7, 11) is 0. The van der Waals surface area contributed by atoms with Crippen molar-refractivity contribution >= 4 is 11.3 Å². The average molecular weight is 421 g/mol. The second kappa shape index (κ2) is 10.3. The second-order valence-corrected chi connectivity index (χ2v) is 9.22. The number of hydrogen-bond acceptors (Lipinski definition) is 5. The van der Waals surface area contributed by atoms with Gasteiger partial charge in [-0.1, -0.05) is 48.5 Å². The van der Waals surface area contributed by atoms with E-state index in [4.69, 9.17) is 11.5 Å². The molecular formula is C25H32N4S. The number of benzene rings is 2. The molecule has 1 fully saturated rings. The van der Waals surface area contributed by atoms with Gasteiger partial charge in [-0.25, -0.2) is 0 Å². The summed E-state index contributed by atoms with van der Waals surface area (Å²) in [5, 5.41) is 7.15. The minimum Gasteiger partial charge on any atom is -0.326 e. The number of nitrogens with two attached hydrogens (primary N) is 2. The zero-order valence-corrected chi connectivity index (χ0v) is 18.3. The SMILES string of the molecule is NCc1ccc(-c2cc(CNCC3CCNCC3)sc2-c2ccc(CN)cc2)cc1. The Bertz CT molecular complexity index is 860. The molecule has 0 aliphatic carbocycles. The molecule has 5 heteroatoms. The first-order valence-corrected chi connectivity index (χ1v) is 11.7. The Morgan fingerprint density at radius 3 is 2.07 bits per heavy atom. The standard InChI is InChI=1S/C25H32N4S/c26-14-18-1-5-21(6-2-18)24-13-23(17-29-16-20-9-11-28-12-10-20)30-25(24)22-7-3-19(15-27)4-8-22/h1-8,13,20,28-29H,9-12,14-17,26-27H2. The third-order valence-electron chi connectivity index (χ3n) is 5.93. The maximum Gasteiger partial charge on any atom is 0.0424 e. The topological polar surface area (TPSA) is 76.1 Å². The van der Waals surface area contributed by atoms with E-state index in [0.717, 1.165) is 43.2 Å². The minimum absolute atomic E-state index is 0.573. The Labute approximate surface area is 183 Å². The van der Waals surface area contributed by atoms with E-state index in [1.54, 1.807) is 0 Å². The predicted molar refractivity (Wildman–Crippen MR) is 128 cm³/mol. The van der Waals surface area contributed by atoms with E-state index in [2.05, 4.69) is 65.2 Å². The summed E-state index contributed by atoms with van der Waals surface area (Å²) in [6, 6.07) is 19.6. The molecular weight excluding hydrogens is 388 g/mol. The van der Waals surface area contributed by atoms with Crippen LogP contribution in [0.2, 0.25) is 0 Å². The summed E-state index contributed by atoms with van der Waals surface area (Å²) >= 11 is 1.89. The van der Waals surface area contributed by atoms with Crippen LogP contribution < -0.4 is 22.1 Å². The fourth-order valence-corrected chi connectivity index (χ4v) is 5.21. The number of thiophene rings is 1. The summed E-state index contributed by atoms with van der Waals surface area (Å²) in [5.74, 6) is 0.790. The molecule has 0 unspecified atom stereocenters. The highest BCUT2D eigenvalue weighted by Crippen LogP contribution is 2.39. The minimum atomic E-state index is 0.573. The highest BCUT2D eigenvalue weighted by Gasteiger charge is 2.15. The molecule has 1 aliphatic rings. The van der Waals surface area contributed by atoms with Gasteiger partial charge in [-0.05, 0) is 66.7 Å². The lowest BCUT2D eigenvalue weighted by atomic mass is 9.98. The molecule has 3 aromatic rings. The van der Waals surface area contributed by atoms with Crippen LogP contribution in [-0.2, 0) is 19.6 Å². The Kier molecular flexibility index (Phi) is 7.31. The fraction of sp³-hybridized carbons (Fsp3) is 0.360. The molecule has 2 aromatic carbocycles. The molecule has 0 bridgehead atoms. The lowest BCUT2D eigenvalue weighted by molar-refractivity contribution is 0.357. The van der Waals surface area contributed by atoms with Gasteiger partial charge in [0.05, 0.1) is 0 Å². The smallest absolute Gasteiger partial charge is 0.0424 e. The van der Waals surface area contributed by atoms with Crippen LogP contribution in [0.4, 0.5) is 0 Å². The fourth-order valence-electron chi connectivity index (χ4n) is 4.06. The summed E-state index contributed by atoms with van der Waals surface area (Å²) in [6.07, 6.45) is 2.55. The van der Waals surface area contributed by atoms with Crippen LogP contribution in [0.15, 0.2) is 54.6 Å². The maximum absolute atomic E-state index is 5.79. The summed E-state index contributed by atoms with van der Waals surface area (Å²) in [4.78, 5) is 2.69. The lowest BCUT2D eigenvalue weighted by Crippen LogP contribution is -2.33. The summed E-state index contributed by atoms with van der Waals surface area (Å²) in [6.45, 7) is 5.46. The van der Waals surface area contributed by atoms with Crippen molar-refractivity contribution in [2.45, 2.75) is 32.5 Å². The molecule has 0 saturated carbocycles. The average Bonchev–Trinajstić information content (AvgIpc) is 3.24. The van der Waals surface area contributed by atoms with Crippen LogP contribution in [0.3, 0.4) is 0 Å². The molecule has 0 radical (unpaired) electrons. The largest absolute Gasteiger partial charge is 0.326 e. The predicted octanol–water partition coefficient (Wildman–Crippen LogP) is 4.09. The molecule has 0 amide bonds. The Morgan fingerprint density at radius 2 is 1.47 bits per heavy atom. The molecule has 2 heterocycles. The Hall–Kier alpha value is -2.02. The van der Waals surface area contributed by atoms with Crippen LogP contribution in [0, 0.1) is 5.92 Å². The number of piperidine rings is 1. The number of hydrogen-bond donors (Lipinski definition) is 4. The first kappa shape index (κ1) is 21.2. The molecule has 0 spiro atoms. The van der Waals surface area contributed by atoms with E-state index in [9.17, 15) is 0 Å². The van der Waals surface area contributed by atoms with E-state index in [1.807, 2.05) is 11.3 Å². The van der Waals surface area contributed by atoms with Crippen molar-refractivity contribution in [1.29, 1.82) is 0 Å². The summed E-state index contributed by atoms with van der Waals surface area (Å²) in [5.41, 5.74) is 17.7. The quantitative estimate of drug-likeness (QED) is 0.443. The maximum atomic E-state index is 5.79. The second-order valence-electron chi connectivity index (χ2n) is 8.08. The van der Waals surface area contributed by atoms with Crippen molar-refractivity contribution in [2.75, 3.05) is 19.6 Å². The molecule has 1 aromatic heterocycles. The van der Waals surface area contributed by atoms with Gasteiger partial charge in [0.15, 0.2) is 0 Å². The number of rotatable bonds is 8. The van der Waals surface area contributed by atoms with Crippen molar-refractivity contribution in [2.24, 2.45) is 17.4 Å². The van der Waals surface area contributed by atoms with E-state index < -0.39 is 0 Å². The third-order valence-corrected chi connectivity index (χ3v) is 7.11. The van der Waals surface area contributed by atoms with Crippen LogP contribution in [0.1, 0.15) is 28.8 Å². The molecule has 4 nitrogen and oxygen atoms in total. The number of nitrogens with one attached hydrogen (secondary N) is 2. The first-order chi connectivity index (χ1) is 14.8. The van der Waals surface area contributed by atoms with Gasteiger partial charge in [-0.3, -0.25) is 0 Å². The van der Waals surface area contributed by atoms with Gasteiger partial charge in [0, 0.05) is 35.0 Å². The molecule has 6 N–H and O–H groups in total. The van der Waals surface area contributed by atoms with Gasteiger partial charge in [0.2, 0.25) is 0 Å². The van der Waals surface area contributed by atoms with Crippen molar-refractivity contribution in [1.82, 2.24) is 10.6 Å². The van der Waals surface area contributed by atoms with Crippen LogP contribution >= 0.6 is 11.3 Å². The van der Waals surface area contributed by atoms with Crippen LogP contribution in [0.5, 0.6) is 0 Å². The Morgan fingerprint density at radius 1 is 0.867 bits per heavy atom. The van der Waals surface area contributed by atoms with Crippen molar-refractivity contribution in [3.63, 3.8) is 0 Å². The van der Waals surface area contributed by atoms with Gasteiger partial charge < -0.3 is 22.1 Å². The van der Waals surface area contributed by atoms with Gasteiger partial charge in [0.25, 0.3) is 0 Å². The normalized spacial score (nSPS) is 14.9. The zero-order chi connectivity index (χ0) is 20.8. The molecule has 158 valence electrons. The Balaban J connectivity index is 1.57. The zero-order valence-electron chi connectivity index (χ0n) is 17.5. The highest BCUT2D eigenvalue weighted by atomic mass is 32.1. The van der Waals surface area contributed by atoms with E-state index in [0.29, 0.717) is 13.1 Å². The monoisotopic (exact) mass is 420 g/mol. The van der Waals surface area contributed by atoms with Gasteiger partial charge >= 0.3 is 0 Å². The molecule has 1 aliphatic heterocycles. The third kappa shape index (κ3) is 5.17. The molecule has 1 saturated heterocycles. The van der Waals surface area contributed by atoms with Crippen molar-refractivity contribution in [3.05, 3.63) is 70.6 Å². The van der Waals surface area contributed by atoms with Crippen LogP contribution in [-0.4, -0.2) is 19.6 Å². The van der Waals surface area contributed by atoms with E-state index in [-0.39, 0.29) is 0 Å². The van der Waals surface area contributed by atoms with E-state index >= 15 is 0 Å².